The minimum absolute atomic E-state index is 0.251. The van der Waals surface area contributed by atoms with E-state index in [0.717, 1.165) is 11.1 Å². The molecule has 0 aliphatic heterocycles. The Bertz CT molecular complexity index is 970. The second kappa shape index (κ2) is 10.0. The van der Waals surface area contributed by atoms with E-state index in [2.05, 4.69) is 4.98 Å². The smallest absolute Gasteiger partial charge is 0.314 e. The fraction of sp³-hybridized carbons (Fsp3) is 0.320. The maximum atomic E-state index is 12.6. The minimum Gasteiger partial charge on any atom is -0.481 e. The lowest BCUT2D eigenvalue weighted by Crippen LogP contribution is -2.45. The number of hydrogen-bond donors (Lipinski definition) is 2. The molecule has 0 saturated heterocycles. The molecule has 0 fully saturated rings. The maximum Gasteiger partial charge on any atom is 0.314 e. The van der Waals surface area contributed by atoms with Crippen LogP contribution in [0.5, 0.6) is 5.75 Å². The van der Waals surface area contributed by atoms with Gasteiger partial charge in [-0.1, -0.05) is 42.8 Å². The fourth-order valence-electron chi connectivity index (χ4n) is 3.44. The Balaban J connectivity index is 1.86. The Kier molecular flexibility index (Phi) is 7.42. The number of ether oxygens (including phenoxy) is 2. The molecule has 0 saturated carbocycles. The van der Waals surface area contributed by atoms with E-state index < -0.39 is 23.6 Å². The Morgan fingerprint density at radius 1 is 1.06 bits per heavy atom. The molecular formula is C25H28ClNO4. The number of aromatic nitrogens is 1. The van der Waals surface area contributed by atoms with Gasteiger partial charge in [-0.3, -0.25) is 4.79 Å². The largest absolute Gasteiger partial charge is 0.481 e. The zero-order chi connectivity index (χ0) is 22.4. The number of carbonyl (C=O) groups excluding carboxylic acids is 1. The molecule has 0 aliphatic carbocycles. The first-order chi connectivity index (χ1) is 14.9. The SMILES string of the molecule is CCOC(=O)C(C)(CC)C(O)C(Oc1ccc(-c2ccc(Cl)cc2)cc1)c1ccc[nH]1. The van der Waals surface area contributed by atoms with Crippen LogP contribution < -0.4 is 4.74 Å². The molecule has 3 aromatic rings. The molecular weight excluding hydrogens is 414 g/mol. The number of carbonyl (C=O) groups is 1. The first-order valence-corrected chi connectivity index (χ1v) is 10.8. The minimum atomic E-state index is -1.12. The van der Waals surface area contributed by atoms with Gasteiger partial charge in [0.1, 0.15) is 11.9 Å². The van der Waals surface area contributed by atoms with E-state index >= 15 is 0 Å². The number of rotatable bonds is 9. The molecule has 2 N–H and O–H groups in total. The third kappa shape index (κ3) is 5.12. The van der Waals surface area contributed by atoms with Gasteiger partial charge in [0.2, 0.25) is 0 Å². The predicted octanol–water partition coefficient (Wildman–Crippen LogP) is 5.80. The molecule has 31 heavy (non-hydrogen) atoms. The zero-order valence-electron chi connectivity index (χ0n) is 18.0. The highest BCUT2D eigenvalue weighted by molar-refractivity contribution is 6.30. The number of halogens is 1. The lowest BCUT2D eigenvalue weighted by Gasteiger charge is -2.35. The summed E-state index contributed by atoms with van der Waals surface area (Å²) in [5, 5.41) is 11.9. The van der Waals surface area contributed by atoms with Crippen molar-refractivity contribution in [3.8, 4) is 16.9 Å². The molecule has 1 heterocycles. The molecule has 3 unspecified atom stereocenters. The number of hydrogen-bond acceptors (Lipinski definition) is 4. The summed E-state index contributed by atoms with van der Waals surface area (Å²) >= 11 is 5.97. The summed E-state index contributed by atoms with van der Waals surface area (Å²) in [6.07, 6.45) is 0.274. The number of benzene rings is 2. The van der Waals surface area contributed by atoms with Crippen LogP contribution in [0.15, 0.2) is 66.9 Å². The summed E-state index contributed by atoms with van der Waals surface area (Å²) in [6, 6.07) is 18.8. The molecule has 0 spiro atoms. The van der Waals surface area contributed by atoms with Crippen LogP contribution in [-0.2, 0) is 9.53 Å². The average molecular weight is 442 g/mol. The Morgan fingerprint density at radius 3 is 2.19 bits per heavy atom. The first-order valence-electron chi connectivity index (χ1n) is 10.4. The molecule has 164 valence electrons. The second-order valence-electron chi connectivity index (χ2n) is 7.63. The van der Waals surface area contributed by atoms with Gasteiger partial charge in [-0.15, -0.1) is 0 Å². The quantitative estimate of drug-likeness (QED) is 0.412. The topological polar surface area (TPSA) is 71.6 Å². The van der Waals surface area contributed by atoms with Crippen LogP contribution in [0.2, 0.25) is 5.02 Å². The van der Waals surface area contributed by atoms with Crippen LogP contribution in [0.25, 0.3) is 11.1 Å². The van der Waals surface area contributed by atoms with E-state index in [0.29, 0.717) is 22.9 Å². The predicted molar refractivity (Wildman–Crippen MR) is 122 cm³/mol. The monoisotopic (exact) mass is 441 g/mol. The summed E-state index contributed by atoms with van der Waals surface area (Å²) in [5.41, 5.74) is 1.62. The van der Waals surface area contributed by atoms with E-state index in [9.17, 15) is 9.90 Å². The van der Waals surface area contributed by atoms with Gasteiger partial charge in [-0.2, -0.15) is 0 Å². The molecule has 0 radical (unpaired) electrons. The van der Waals surface area contributed by atoms with Gasteiger partial charge < -0.3 is 19.6 Å². The van der Waals surface area contributed by atoms with Crippen molar-refractivity contribution in [3.05, 3.63) is 77.6 Å². The number of aromatic amines is 1. The molecule has 6 heteroatoms. The van der Waals surface area contributed by atoms with Crippen LogP contribution in [0.3, 0.4) is 0 Å². The first kappa shape index (κ1) is 22.9. The number of aliphatic hydroxyl groups excluding tert-OH is 1. The normalized spacial score (nSPS) is 15.0. The van der Waals surface area contributed by atoms with E-state index in [1.807, 2.05) is 67.6 Å². The van der Waals surface area contributed by atoms with Crippen molar-refractivity contribution >= 4 is 17.6 Å². The van der Waals surface area contributed by atoms with Crippen molar-refractivity contribution in [2.45, 2.75) is 39.4 Å². The summed E-state index contributed by atoms with van der Waals surface area (Å²) in [6.45, 7) is 5.56. The van der Waals surface area contributed by atoms with Crippen molar-refractivity contribution in [3.63, 3.8) is 0 Å². The lowest BCUT2D eigenvalue weighted by atomic mass is 9.78. The van der Waals surface area contributed by atoms with Crippen LogP contribution >= 0.6 is 11.6 Å². The van der Waals surface area contributed by atoms with Gasteiger partial charge >= 0.3 is 5.97 Å². The van der Waals surface area contributed by atoms with Crippen LogP contribution in [0.1, 0.15) is 39.0 Å². The highest BCUT2D eigenvalue weighted by Gasteiger charge is 2.46. The summed E-state index contributed by atoms with van der Waals surface area (Å²) in [4.78, 5) is 15.7. The molecule has 2 aromatic carbocycles. The van der Waals surface area contributed by atoms with Gasteiger partial charge in [-0.25, -0.2) is 0 Å². The van der Waals surface area contributed by atoms with Gasteiger partial charge in [0.15, 0.2) is 6.10 Å². The Labute approximate surface area is 188 Å². The van der Waals surface area contributed by atoms with Crippen LogP contribution in [-0.4, -0.2) is 28.8 Å². The van der Waals surface area contributed by atoms with Gasteiger partial charge in [0.25, 0.3) is 0 Å². The van der Waals surface area contributed by atoms with Gasteiger partial charge in [0, 0.05) is 11.2 Å². The molecule has 3 atom stereocenters. The highest BCUT2D eigenvalue weighted by Crippen LogP contribution is 2.37. The summed E-state index contributed by atoms with van der Waals surface area (Å²) in [7, 11) is 0. The third-order valence-corrected chi connectivity index (χ3v) is 5.89. The molecule has 5 nitrogen and oxygen atoms in total. The molecule has 0 aliphatic rings. The number of esters is 1. The molecule has 1 aromatic heterocycles. The number of H-pyrrole nitrogens is 1. The Hall–Kier alpha value is -2.76. The summed E-state index contributed by atoms with van der Waals surface area (Å²) in [5.74, 6) is 0.141. The van der Waals surface area contributed by atoms with Crippen molar-refractivity contribution < 1.29 is 19.4 Å². The van der Waals surface area contributed by atoms with Crippen molar-refractivity contribution in [2.75, 3.05) is 6.61 Å². The molecule has 0 amide bonds. The van der Waals surface area contributed by atoms with Crippen molar-refractivity contribution in [2.24, 2.45) is 5.41 Å². The van der Waals surface area contributed by atoms with Gasteiger partial charge in [0.05, 0.1) is 17.7 Å². The van der Waals surface area contributed by atoms with E-state index in [-0.39, 0.29) is 6.61 Å². The third-order valence-electron chi connectivity index (χ3n) is 5.64. The lowest BCUT2D eigenvalue weighted by molar-refractivity contribution is -0.167. The van der Waals surface area contributed by atoms with E-state index in [4.69, 9.17) is 21.1 Å². The van der Waals surface area contributed by atoms with Crippen molar-refractivity contribution in [1.29, 1.82) is 0 Å². The maximum absolute atomic E-state index is 12.6. The second-order valence-corrected chi connectivity index (χ2v) is 8.07. The van der Waals surface area contributed by atoms with E-state index in [1.165, 1.54) is 0 Å². The average Bonchev–Trinajstić information content (AvgIpc) is 3.32. The van der Waals surface area contributed by atoms with Crippen molar-refractivity contribution in [1.82, 2.24) is 4.98 Å². The van der Waals surface area contributed by atoms with E-state index in [1.54, 1.807) is 20.0 Å². The van der Waals surface area contributed by atoms with Crippen LogP contribution in [0, 0.1) is 5.41 Å². The fourth-order valence-corrected chi connectivity index (χ4v) is 3.56. The molecule has 3 rings (SSSR count). The zero-order valence-corrected chi connectivity index (χ0v) is 18.7. The van der Waals surface area contributed by atoms with Crippen LogP contribution in [0.4, 0.5) is 0 Å². The number of nitrogens with one attached hydrogen (secondary N) is 1. The number of aliphatic hydroxyl groups is 1. The standard InChI is InChI=1S/C25H28ClNO4/c1-4-25(3,24(29)30-5-2)23(28)22(21-7-6-16-27-21)31-20-14-10-18(11-15-20)17-8-12-19(26)13-9-17/h6-16,22-23,27-28H,4-5H2,1-3H3. The summed E-state index contributed by atoms with van der Waals surface area (Å²) < 4.78 is 11.4. The highest BCUT2D eigenvalue weighted by atomic mass is 35.5. The van der Waals surface area contributed by atoms with Gasteiger partial charge in [-0.05, 0) is 67.8 Å². The molecule has 0 bridgehead atoms. The Morgan fingerprint density at radius 2 is 1.68 bits per heavy atom.